The number of carbonyl (C=O) groups is 1. The molecule has 1 aliphatic rings. The van der Waals surface area contributed by atoms with Crippen molar-refractivity contribution in [3.8, 4) is 12.3 Å². The van der Waals surface area contributed by atoms with Crippen LogP contribution in [0.2, 0.25) is 0 Å². The number of carbonyl (C=O) groups excluding carboxylic acids is 1. The van der Waals surface area contributed by atoms with Gasteiger partial charge >= 0.3 is 0 Å². The van der Waals surface area contributed by atoms with Crippen molar-refractivity contribution in [2.75, 3.05) is 24.6 Å². The van der Waals surface area contributed by atoms with Crippen LogP contribution in [0.15, 0.2) is 0 Å². The van der Waals surface area contributed by atoms with Gasteiger partial charge in [0.2, 0.25) is 5.91 Å². The lowest BCUT2D eigenvalue weighted by molar-refractivity contribution is -0.120. The number of nitrogens with one attached hydrogen (secondary N) is 2. The van der Waals surface area contributed by atoms with Crippen LogP contribution in [0.1, 0.15) is 6.42 Å². The molecule has 0 aromatic heterocycles. The molecule has 0 aromatic rings. The van der Waals surface area contributed by atoms with E-state index in [0.717, 1.165) is 6.54 Å². The van der Waals surface area contributed by atoms with Crippen molar-refractivity contribution in [1.29, 1.82) is 0 Å². The van der Waals surface area contributed by atoms with Gasteiger partial charge in [0.15, 0.2) is 0 Å². The van der Waals surface area contributed by atoms with E-state index in [1.165, 1.54) is 11.5 Å². The van der Waals surface area contributed by atoms with E-state index in [1.807, 2.05) is 11.8 Å². The molecule has 1 aliphatic heterocycles. The van der Waals surface area contributed by atoms with Crippen LogP contribution < -0.4 is 10.6 Å². The van der Waals surface area contributed by atoms with Gasteiger partial charge in [0, 0.05) is 30.5 Å². The van der Waals surface area contributed by atoms with Crippen LogP contribution >= 0.6 is 11.8 Å². The highest BCUT2D eigenvalue weighted by molar-refractivity contribution is 8.00. The molecule has 4 heteroatoms. The monoisotopic (exact) mass is 198 g/mol. The van der Waals surface area contributed by atoms with Gasteiger partial charge in [-0.15, -0.1) is 6.42 Å². The molecule has 0 spiro atoms. The summed E-state index contributed by atoms with van der Waals surface area (Å²) in [5, 5.41) is 5.91. The summed E-state index contributed by atoms with van der Waals surface area (Å²) in [6, 6.07) is 0.616. The minimum absolute atomic E-state index is 0.0254. The number of amides is 1. The van der Waals surface area contributed by atoms with E-state index in [9.17, 15) is 4.79 Å². The van der Waals surface area contributed by atoms with Gasteiger partial charge in [-0.05, 0) is 0 Å². The van der Waals surface area contributed by atoms with Crippen LogP contribution in [0.25, 0.3) is 0 Å². The average molecular weight is 198 g/mol. The summed E-state index contributed by atoms with van der Waals surface area (Å²) >= 11 is 1.93. The third kappa shape index (κ3) is 4.20. The Kier molecular flexibility index (Phi) is 4.73. The molecule has 1 fully saturated rings. The van der Waals surface area contributed by atoms with Crippen LogP contribution in [0.3, 0.4) is 0 Å². The summed E-state index contributed by atoms with van der Waals surface area (Å²) in [4.78, 5) is 11.0. The Morgan fingerprint density at radius 2 is 2.38 bits per heavy atom. The molecular formula is C9H14N2OS. The molecule has 72 valence electrons. The number of thioether (sulfide) groups is 1. The molecule has 2 N–H and O–H groups in total. The summed E-state index contributed by atoms with van der Waals surface area (Å²) in [6.07, 6.45) is 5.52. The van der Waals surface area contributed by atoms with Gasteiger partial charge in [-0.3, -0.25) is 4.79 Å². The minimum Gasteiger partial charge on any atom is -0.345 e. The number of hydrogen-bond donors (Lipinski definition) is 2. The lowest BCUT2D eigenvalue weighted by Gasteiger charge is -2.25. The normalized spacial score (nSPS) is 15.9. The van der Waals surface area contributed by atoms with Crippen molar-refractivity contribution in [1.82, 2.24) is 10.6 Å². The largest absolute Gasteiger partial charge is 0.345 e. The van der Waals surface area contributed by atoms with Gasteiger partial charge in [-0.1, -0.05) is 5.92 Å². The Hall–Kier alpha value is -0.660. The Bertz CT molecular complexity index is 208. The lowest BCUT2D eigenvalue weighted by atomic mass is 10.3. The van der Waals surface area contributed by atoms with Gasteiger partial charge in [0.05, 0.1) is 6.54 Å². The van der Waals surface area contributed by atoms with Crippen LogP contribution in [-0.2, 0) is 4.79 Å². The van der Waals surface area contributed by atoms with E-state index < -0.39 is 0 Å². The standard InChI is InChI=1S/C9H14N2OS/c1-2-4-11-9(12)3-5-10-8-6-13-7-8/h1,8,10H,3-7H2,(H,11,12). The van der Waals surface area contributed by atoms with E-state index in [4.69, 9.17) is 6.42 Å². The quantitative estimate of drug-likeness (QED) is 0.603. The molecule has 13 heavy (non-hydrogen) atoms. The first-order valence-electron chi connectivity index (χ1n) is 4.34. The Labute approximate surface area is 83.0 Å². The number of terminal acetylenes is 1. The predicted octanol–water partition coefficient (Wildman–Crippen LogP) is -0.169. The maximum absolute atomic E-state index is 11.0. The zero-order chi connectivity index (χ0) is 9.52. The predicted molar refractivity (Wildman–Crippen MR) is 55.6 cm³/mol. The molecule has 0 aliphatic carbocycles. The first kappa shape index (κ1) is 10.4. The van der Waals surface area contributed by atoms with Gasteiger partial charge in [0.1, 0.15) is 0 Å². The van der Waals surface area contributed by atoms with Crippen molar-refractivity contribution in [3.05, 3.63) is 0 Å². The molecule has 0 saturated carbocycles. The molecule has 0 radical (unpaired) electrons. The highest BCUT2D eigenvalue weighted by atomic mass is 32.2. The van der Waals surface area contributed by atoms with Crippen LogP contribution in [0.4, 0.5) is 0 Å². The molecule has 0 atom stereocenters. The van der Waals surface area contributed by atoms with Crippen LogP contribution in [0, 0.1) is 12.3 Å². The smallest absolute Gasteiger partial charge is 0.222 e. The first-order valence-corrected chi connectivity index (χ1v) is 5.49. The fraction of sp³-hybridized carbons (Fsp3) is 0.667. The highest BCUT2D eigenvalue weighted by Gasteiger charge is 2.16. The molecule has 3 nitrogen and oxygen atoms in total. The van der Waals surface area contributed by atoms with Gasteiger partial charge in [-0.25, -0.2) is 0 Å². The number of rotatable bonds is 5. The molecular weight excluding hydrogens is 184 g/mol. The van der Waals surface area contributed by atoms with Gasteiger partial charge < -0.3 is 10.6 Å². The lowest BCUT2D eigenvalue weighted by Crippen LogP contribution is -2.41. The second kappa shape index (κ2) is 5.90. The Morgan fingerprint density at radius 1 is 1.62 bits per heavy atom. The van der Waals surface area contributed by atoms with Crippen molar-refractivity contribution < 1.29 is 4.79 Å². The van der Waals surface area contributed by atoms with Crippen molar-refractivity contribution in [2.24, 2.45) is 0 Å². The molecule has 1 amide bonds. The van der Waals surface area contributed by atoms with E-state index in [2.05, 4.69) is 16.6 Å². The maximum atomic E-state index is 11.0. The minimum atomic E-state index is 0.0254. The van der Waals surface area contributed by atoms with E-state index in [-0.39, 0.29) is 5.91 Å². The third-order valence-corrected chi connectivity index (χ3v) is 3.09. The summed E-state index contributed by atoms with van der Waals surface area (Å²) < 4.78 is 0. The second-order valence-electron chi connectivity index (χ2n) is 2.92. The Balaban J connectivity index is 1.92. The third-order valence-electron chi connectivity index (χ3n) is 1.81. The van der Waals surface area contributed by atoms with E-state index >= 15 is 0 Å². The molecule has 0 unspecified atom stereocenters. The zero-order valence-corrected chi connectivity index (χ0v) is 8.32. The summed E-state index contributed by atoms with van der Waals surface area (Å²) in [6.45, 7) is 1.08. The zero-order valence-electron chi connectivity index (χ0n) is 7.51. The van der Waals surface area contributed by atoms with Crippen LogP contribution in [-0.4, -0.2) is 36.5 Å². The molecule has 1 heterocycles. The number of hydrogen-bond acceptors (Lipinski definition) is 3. The first-order chi connectivity index (χ1) is 6.33. The van der Waals surface area contributed by atoms with Crippen LogP contribution in [0.5, 0.6) is 0 Å². The van der Waals surface area contributed by atoms with E-state index in [1.54, 1.807) is 0 Å². The Morgan fingerprint density at radius 3 is 2.92 bits per heavy atom. The van der Waals surface area contributed by atoms with Crippen molar-refractivity contribution in [3.63, 3.8) is 0 Å². The van der Waals surface area contributed by atoms with Crippen molar-refractivity contribution in [2.45, 2.75) is 12.5 Å². The summed E-state index contributed by atoms with van der Waals surface area (Å²) in [7, 11) is 0. The maximum Gasteiger partial charge on any atom is 0.222 e. The molecule has 0 aromatic carbocycles. The topological polar surface area (TPSA) is 41.1 Å². The summed E-state index contributed by atoms with van der Waals surface area (Å²) in [5.41, 5.74) is 0. The fourth-order valence-electron chi connectivity index (χ4n) is 0.981. The average Bonchev–Trinajstić information content (AvgIpc) is 2.06. The highest BCUT2D eigenvalue weighted by Crippen LogP contribution is 2.16. The molecule has 0 bridgehead atoms. The van der Waals surface area contributed by atoms with Gasteiger partial charge in [0.25, 0.3) is 0 Å². The van der Waals surface area contributed by atoms with E-state index in [0.29, 0.717) is 19.0 Å². The molecule has 1 rings (SSSR count). The SMILES string of the molecule is C#CCNC(=O)CCNC1CSC1. The summed E-state index contributed by atoms with van der Waals surface area (Å²) in [5.74, 6) is 4.74. The van der Waals surface area contributed by atoms with Gasteiger partial charge in [-0.2, -0.15) is 11.8 Å². The second-order valence-corrected chi connectivity index (χ2v) is 3.99. The fourth-order valence-corrected chi connectivity index (χ4v) is 1.69. The molecule has 1 saturated heterocycles. The van der Waals surface area contributed by atoms with Crippen molar-refractivity contribution >= 4 is 17.7 Å².